The second-order valence-electron chi connectivity index (χ2n) is 4.99. The molecular weight excluding hydrogens is 367 g/mol. The van der Waals surface area contributed by atoms with Crippen molar-refractivity contribution in [2.24, 2.45) is 0 Å². The van der Waals surface area contributed by atoms with Gasteiger partial charge >= 0.3 is 6.03 Å². The second kappa shape index (κ2) is 7.17. The molecule has 0 atom stereocenters. The largest absolute Gasteiger partial charge is 0.325 e. The number of urea groups is 1. The second-order valence-corrected chi connectivity index (χ2v) is 6.78. The molecule has 2 amide bonds. The summed E-state index contributed by atoms with van der Waals surface area (Å²) in [4.78, 5) is 12.0. The van der Waals surface area contributed by atoms with E-state index >= 15 is 0 Å². The summed E-state index contributed by atoms with van der Waals surface area (Å²) in [5.41, 5.74) is 2.63. The third-order valence-corrected chi connectivity index (χ3v) is 4.71. The van der Waals surface area contributed by atoms with Crippen molar-refractivity contribution in [2.75, 3.05) is 10.6 Å². The standard InChI is InChI=1S/C16H12Cl2N4OS/c1-9-3-2-4-10(7-9)14-21-22-16(24-14)20-15(23)19-11-5-6-12(17)13(18)8-11/h2-8H,1H3,(H2,19,20,22,23). The Morgan fingerprint density at radius 1 is 1.04 bits per heavy atom. The van der Waals surface area contributed by atoms with Crippen LogP contribution in [0.4, 0.5) is 15.6 Å². The Morgan fingerprint density at radius 2 is 1.88 bits per heavy atom. The van der Waals surface area contributed by atoms with E-state index in [0.29, 0.717) is 20.9 Å². The summed E-state index contributed by atoms with van der Waals surface area (Å²) < 4.78 is 0. The van der Waals surface area contributed by atoms with Crippen LogP contribution >= 0.6 is 34.5 Å². The predicted molar refractivity (Wildman–Crippen MR) is 99.2 cm³/mol. The van der Waals surface area contributed by atoms with Crippen LogP contribution < -0.4 is 10.6 Å². The van der Waals surface area contributed by atoms with E-state index in [-0.39, 0.29) is 0 Å². The van der Waals surface area contributed by atoms with Gasteiger partial charge in [0.1, 0.15) is 5.01 Å². The number of nitrogens with zero attached hydrogens (tertiary/aromatic N) is 2. The molecule has 0 spiro atoms. The lowest BCUT2D eigenvalue weighted by Gasteiger charge is -2.06. The molecule has 0 radical (unpaired) electrons. The van der Waals surface area contributed by atoms with Gasteiger partial charge in [-0.1, -0.05) is 58.3 Å². The maximum atomic E-state index is 12.0. The van der Waals surface area contributed by atoms with Gasteiger partial charge in [0.2, 0.25) is 5.13 Å². The minimum absolute atomic E-state index is 0.368. The van der Waals surface area contributed by atoms with Crippen LogP contribution in [0.2, 0.25) is 10.0 Å². The molecule has 1 heterocycles. The molecule has 0 unspecified atom stereocenters. The van der Waals surface area contributed by atoms with E-state index in [1.54, 1.807) is 18.2 Å². The number of rotatable bonds is 3. The number of aromatic nitrogens is 2. The molecule has 0 bridgehead atoms. The van der Waals surface area contributed by atoms with Crippen molar-refractivity contribution in [1.29, 1.82) is 0 Å². The number of carbonyl (C=O) groups excluding carboxylic acids is 1. The van der Waals surface area contributed by atoms with E-state index in [1.165, 1.54) is 11.3 Å². The Balaban J connectivity index is 1.68. The van der Waals surface area contributed by atoms with Crippen LogP contribution in [0.1, 0.15) is 5.56 Å². The number of aryl methyl sites for hydroxylation is 1. The van der Waals surface area contributed by atoms with Crippen molar-refractivity contribution in [1.82, 2.24) is 10.2 Å². The zero-order valence-electron chi connectivity index (χ0n) is 12.5. The first-order valence-electron chi connectivity index (χ1n) is 6.95. The number of carbonyl (C=O) groups is 1. The quantitative estimate of drug-likeness (QED) is 0.635. The van der Waals surface area contributed by atoms with Crippen molar-refractivity contribution >= 4 is 51.4 Å². The fourth-order valence-electron chi connectivity index (χ4n) is 2.00. The maximum absolute atomic E-state index is 12.0. The van der Waals surface area contributed by atoms with Crippen LogP contribution in [0.25, 0.3) is 10.6 Å². The number of anilines is 2. The normalized spacial score (nSPS) is 10.5. The van der Waals surface area contributed by atoms with E-state index < -0.39 is 6.03 Å². The van der Waals surface area contributed by atoms with Crippen molar-refractivity contribution < 1.29 is 4.79 Å². The number of halogens is 2. The van der Waals surface area contributed by atoms with E-state index in [9.17, 15) is 4.79 Å². The van der Waals surface area contributed by atoms with Gasteiger partial charge in [-0.25, -0.2) is 4.79 Å². The van der Waals surface area contributed by atoms with E-state index in [1.807, 2.05) is 31.2 Å². The van der Waals surface area contributed by atoms with Gasteiger partial charge in [-0.05, 0) is 31.2 Å². The van der Waals surface area contributed by atoms with Gasteiger partial charge in [-0.2, -0.15) is 0 Å². The lowest BCUT2D eigenvalue weighted by Crippen LogP contribution is -2.19. The average molecular weight is 379 g/mol. The van der Waals surface area contributed by atoms with Crippen LogP contribution in [-0.2, 0) is 0 Å². The molecule has 3 rings (SSSR count). The van der Waals surface area contributed by atoms with Crippen molar-refractivity contribution in [2.45, 2.75) is 6.92 Å². The first-order chi connectivity index (χ1) is 11.5. The van der Waals surface area contributed by atoms with Crippen LogP contribution in [0.5, 0.6) is 0 Å². The first kappa shape index (κ1) is 16.7. The average Bonchev–Trinajstić information content (AvgIpc) is 2.99. The highest BCUT2D eigenvalue weighted by Crippen LogP contribution is 2.27. The Morgan fingerprint density at radius 3 is 2.62 bits per heavy atom. The van der Waals surface area contributed by atoms with Gasteiger partial charge in [0.25, 0.3) is 0 Å². The molecule has 24 heavy (non-hydrogen) atoms. The predicted octanol–water partition coefficient (Wildman–Crippen LogP) is 5.46. The summed E-state index contributed by atoms with van der Waals surface area (Å²) in [6.45, 7) is 2.01. The molecule has 0 saturated heterocycles. The molecule has 0 fully saturated rings. The van der Waals surface area contributed by atoms with E-state index in [4.69, 9.17) is 23.2 Å². The van der Waals surface area contributed by atoms with Gasteiger partial charge in [-0.15, -0.1) is 10.2 Å². The minimum Gasteiger partial charge on any atom is -0.308 e. The molecule has 0 aliphatic heterocycles. The summed E-state index contributed by atoms with van der Waals surface area (Å²) in [7, 11) is 0. The fraction of sp³-hybridized carbons (Fsp3) is 0.0625. The molecule has 3 aromatic rings. The highest BCUT2D eigenvalue weighted by Gasteiger charge is 2.10. The number of hydrogen-bond acceptors (Lipinski definition) is 4. The smallest absolute Gasteiger partial charge is 0.308 e. The van der Waals surface area contributed by atoms with Crippen molar-refractivity contribution in [3.05, 3.63) is 58.1 Å². The summed E-state index contributed by atoms with van der Waals surface area (Å²) in [5, 5.41) is 15.3. The van der Waals surface area contributed by atoms with Gasteiger partial charge in [0, 0.05) is 11.3 Å². The zero-order valence-corrected chi connectivity index (χ0v) is 14.8. The van der Waals surface area contributed by atoms with Crippen LogP contribution in [0.15, 0.2) is 42.5 Å². The third-order valence-electron chi connectivity index (χ3n) is 3.09. The number of benzene rings is 2. The Hall–Kier alpha value is -2.15. The van der Waals surface area contributed by atoms with E-state index in [2.05, 4.69) is 20.8 Å². The van der Waals surface area contributed by atoms with Crippen LogP contribution in [0, 0.1) is 6.92 Å². The molecule has 2 aromatic carbocycles. The lowest BCUT2D eigenvalue weighted by atomic mass is 10.1. The number of hydrogen-bond donors (Lipinski definition) is 2. The van der Waals surface area contributed by atoms with Crippen LogP contribution in [-0.4, -0.2) is 16.2 Å². The Bertz CT molecular complexity index is 897. The first-order valence-corrected chi connectivity index (χ1v) is 8.52. The van der Waals surface area contributed by atoms with E-state index in [0.717, 1.165) is 16.1 Å². The molecule has 5 nitrogen and oxygen atoms in total. The molecule has 8 heteroatoms. The van der Waals surface area contributed by atoms with Gasteiger partial charge < -0.3 is 5.32 Å². The molecule has 0 saturated carbocycles. The van der Waals surface area contributed by atoms with Gasteiger partial charge in [0.15, 0.2) is 0 Å². The van der Waals surface area contributed by atoms with Crippen molar-refractivity contribution in [3.63, 3.8) is 0 Å². The summed E-state index contributed by atoms with van der Waals surface area (Å²) in [6, 6.07) is 12.3. The molecule has 122 valence electrons. The third kappa shape index (κ3) is 4.03. The summed E-state index contributed by atoms with van der Waals surface area (Å²) >= 11 is 13.1. The number of nitrogens with one attached hydrogen (secondary N) is 2. The highest BCUT2D eigenvalue weighted by atomic mass is 35.5. The maximum Gasteiger partial charge on any atom is 0.325 e. The lowest BCUT2D eigenvalue weighted by molar-refractivity contribution is 0.262. The molecule has 0 aliphatic carbocycles. The Kier molecular flexibility index (Phi) is 4.99. The molecular formula is C16H12Cl2N4OS. The van der Waals surface area contributed by atoms with Gasteiger partial charge in [-0.3, -0.25) is 5.32 Å². The van der Waals surface area contributed by atoms with Crippen molar-refractivity contribution in [3.8, 4) is 10.6 Å². The van der Waals surface area contributed by atoms with Crippen LogP contribution in [0.3, 0.4) is 0 Å². The zero-order chi connectivity index (χ0) is 17.1. The molecule has 2 N–H and O–H groups in total. The van der Waals surface area contributed by atoms with Gasteiger partial charge in [0.05, 0.1) is 10.0 Å². The minimum atomic E-state index is -0.430. The topological polar surface area (TPSA) is 66.9 Å². The summed E-state index contributed by atoms with van der Waals surface area (Å²) in [6.07, 6.45) is 0. The molecule has 1 aromatic heterocycles. The molecule has 0 aliphatic rings. The number of amides is 2. The fourth-order valence-corrected chi connectivity index (χ4v) is 3.03. The highest BCUT2D eigenvalue weighted by molar-refractivity contribution is 7.18. The summed E-state index contributed by atoms with van der Waals surface area (Å²) in [5.74, 6) is 0. The SMILES string of the molecule is Cc1cccc(-c2nnc(NC(=O)Nc3ccc(Cl)c(Cl)c3)s2)c1. The monoisotopic (exact) mass is 378 g/mol. The Labute approximate surface area is 152 Å².